The minimum atomic E-state index is -0.0816. The molecule has 0 radical (unpaired) electrons. The van der Waals surface area contributed by atoms with Crippen LogP contribution in [0.1, 0.15) is 25.6 Å². The molecular weight excluding hydrogens is 246 g/mol. The first-order valence-electron chi connectivity index (χ1n) is 6.40. The molecule has 1 fully saturated rings. The second-order valence-electron chi connectivity index (χ2n) is 4.78. The van der Waals surface area contributed by atoms with E-state index in [0.29, 0.717) is 0 Å². The third-order valence-corrected chi connectivity index (χ3v) is 4.20. The van der Waals surface area contributed by atoms with Crippen LogP contribution < -0.4 is 5.32 Å². The van der Waals surface area contributed by atoms with Crippen molar-refractivity contribution in [2.75, 3.05) is 26.7 Å². The van der Waals surface area contributed by atoms with Gasteiger partial charge in [0.1, 0.15) is 6.17 Å². The number of nitrogens with zero attached hydrogens (tertiary/aromatic N) is 2. The predicted octanol–water partition coefficient (Wildman–Crippen LogP) is 1.52. The van der Waals surface area contributed by atoms with Gasteiger partial charge in [-0.15, -0.1) is 0 Å². The van der Waals surface area contributed by atoms with Crippen molar-refractivity contribution in [2.45, 2.75) is 26.1 Å². The number of hydrogen-bond acceptors (Lipinski definition) is 4. The Morgan fingerprint density at radius 3 is 2.94 bits per heavy atom. The average molecular weight is 267 g/mol. The van der Waals surface area contributed by atoms with Crippen molar-refractivity contribution in [3.05, 3.63) is 22.4 Å². The van der Waals surface area contributed by atoms with E-state index in [0.717, 1.165) is 19.6 Å². The van der Waals surface area contributed by atoms with Gasteiger partial charge >= 0.3 is 0 Å². The van der Waals surface area contributed by atoms with Gasteiger partial charge < -0.3 is 9.80 Å². The molecule has 1 aliphatic heterocycles. The summed E-state index contributed by atoms with van der Waals surface area (Å²) in [5.41, 5.74) is 1.19. The number of nitrogens with one attached hydrogen (secondary N) is 1. The zero-order valence-electron chi connectivity index (χ0n) is 11.2. The van der Waals surface area contributed by atoms with Gasteiger partial charge in [0, 0.05) is 13.1 Å². The third-order valence-electron chi connectivity index (χ3n) is 3.49. The van der Waals surface area contributed by atoms with E-state index in [1.54, 1.807) is 11.3 Å². The lowest BCUT2D eigenvalue weighted by molar-refractivity contribution is -0.130. The number of thiophene rings is 1. The minimum Gasteiger partial charge on any atom is -0.320 e. The summed E-state index contributed by atoms with van der Waals surface area (Å²) < 4.78 is 0. The lowest BCUT2D eigenvalue weighted by atomic mass is 10.2. The lowest BCUT2D eigenvalue weighted by Gasteiger charge is -2.26. The van der Waals surface area contributed by atoms with E-state index >= 15 is 0 Å². The van der Waals surface area contributed by atoms with Gasteiger partial charge in [-0.05, 0) is 42.9 Å². The third kappa shape index (κ3) is 2.74. The number of likely N-dealkylation sites (N-methyl/N-ethyl adjacent to an activating group) is 1. The van der Waals surface area contributed by atoms with Crippen LogP contribution in [0.4, 0.5) is 0 Å². The summed E-state index contributed by atoms with van der Waals surface area (Å²) in [7, 11) is 2.08. The number of rotatable bonds is 5. The number of carbonyl (C=O) groups is 1. The van der Waals surface area contributed by atoms with Gasteiger partial charge in [0.05, 0.1) is 6.04 Å². The maximum atomic E-state index is 12.2. The Morgan fingerprint density at radius 1 is 1.56 bits per heavy atom. The predicted molar refractivity (Wildman–Crippen MR) is 74.5 cm³/mol. The molecule has 2 rings (SSSR count). The van der Waals surface area contributed by atoms with Crippen molar-refractivity contribution in [1.29, 1.82) is 0 Å². The molecule has 2 unspecified atom stereocenters. The molecule has 0 spiro atoms. The van der Waals surface area contributed by atoms with E-state index in [1.165, 1.54) is 5.56 Å². The van der Waals surface area contributed by atoms with Crippen LogP contribution in [0.3, 0.4) is 0 Å². The standard InChI is InChI=1S/C13H21N3OS/c1-4-15(3)6-7-16-12(11-5-8-18-9-11)14-10(2)13(16)17/h5,8-10,12,14H,4,6-7H2,1-3H3. The molecule has 5 heteroatoms. The SMILES string of the molecule is CCN(C)CCN1C(=O)C(C)NC1c1ccsc1. The fourth-order valence-corrected chi connectivity index (χ4v) is 2.84. The van der Waals surface area contributed by atoms with Crippen molar-refractivity contribution in [3.8, 4) is 0 Å². The van der Waals surface area contributed by atoms with Crippen LogP contribution >= 0.6 is 11.3 Å². The van der Waals surface area contributed by atoms with Crippen molar-refractivity contribution in [2.24, 2.45) is 0 Å². The van der Waals surface area contributed by atoms with E-state index in [4.69, 9.17) is 0 Å². The van der Waals surface area contributed by atoms with Crippen LogP contribution in [0, 0.1) is 0 Å². The maximum Gasteiger partial charge on any atom is 0.241 e. The van der Waals surface area contributed by atoms with Crippen molar-refractivity contribution < 1.29 is 4.79 Å². The molecule has 1 aromatic rings. The van der Waals surface area contributed by atoms with E-state index in [2.05, 4.69) is 41.0 Å². The molecule has 4 nitrogen and oxygen atoms in total. The molecule has 0 bridgehead atoms. The van der Waals surface area contributed by atoms with Gasteiger partial charge in [-0.3, -0.25) is 10.1 Å². The molecule has 1 saturated heterocycles. The van der Waals surface area contributed by atoms with Crippen LogP contribution in [0.2, 0.25) is 0 Å². The first-order chi connectivity index (χ1) is 8.63. The summed E-state index contributed by atoms with van der Waals surface area (Å²) in [6, 6.07) is 2.01. The summed E-state index contributed by atoms with van der Waals surface area (Å²) >= 11 is 1.67. The topological polar surface area (TPSA) is 35.6 Å². The minimum absolute atomic E-state index is 0.0454. The molecule has 18 heavy (non-hydrogen) atoms. The smallest absolute Gasteiger partial charge is 0.241 e. The number of carbonyl (C=O) groups excluding carboxylic acids is 1. The van der Waals surface area contributed by atoms with Crippen LogP contribution in [0.5, 0.6) is 0 Å². The van der Waals surface area contributed by atoms with E-state index in [-0.39, 0.29) is 18.1 Å². The van der Waals surface area contributed by atoms with E-state index < -0.39 is 0 Å². The highest BCUT2D eigenvalue weighted by Crippen LogP contribution is 2.26. The van der Waals surface area contributed by atoms with Gasteiger partial charge in [0.15, 0.2) is 0 Å². The Labute approximate surface area is 113 Å². The van der Waals surface area contributed by atoms with Gasteiger partial charge in [-0.25, -0.2) is 0 Å². The van der Waals surface area contributed by atoms with Gasteiger partial charge in [-0.1, -0.05) is 6.92 Å². The highest BCUT2D eigenvalue weighted by atomic mass is 32.1. The van der Waals surface area contributed by atoms with Crippen LogP contribution in [-0.2, 0) is 4.79 Å². The fraction of sp³-hybridized carbons (Fsp3) is 0.615. The van der Waals surface area contributed by atoms with Crippen LogP contribution in [-0.4, -0.2) is 48.4 Å². The van der Waals surface area contributed by atoms with Gasteiger partial charge in [0.25, 0.3) is 0 Å². The molecule has 1 amide bonds. The first kappa shape index (κ1) is 13.5. The molecule has 1 aliphatic rings. The molecule has 100 valence electrons. The van der Waals surface area contributed by atoms with E-state index in [1.807, 2.05) is 11.8 Å². The molecule has 0 aromatic carbocycles. The maximum absolute atomic E-state index is 12.2. The lowest BCUT2D eigenvalue weighted by Crippen LogP contribution is -2.37. The molecule has 1 aromatic heterocycles. The normalized spacial score (nSPS) is 24.2. The number of amides is 1. The largest absolute Gasteiger partial charge is 0.320 e. The van der Waals surface area contributed by atoms with E-state index in [9.17, 15) is 4.79 Å². The van der Waals surface area contributed by atoms with Gasteiger partial charge in [-0.2, -0.15) is 11.3 Å². The Balaban J connectivity index is 2.06. The second-order valence-corrected chi connectivity index (χ2v) is 5.56. The highest BCUT2D eigenvalue weighted by Gasteiger charge is 2.36. The Hall–Kier alpha value is -0.910. The van der Waals surface area contributed by atoms with Gasteiger partial charge in [0.2, 0.25) is 5.91 Å². The van der Waals surface area contributed by atoms with Crippen LogP contribution in [0.25, 0.3) is 0 Å². The van der Waals surface area contributed by atoms with Crippen molar-refractivity contribution >= 4 is 17.2 Å². The Kier molecular flexibility index (Phi) is 4.37. The second kappa shape index (κ2) is 5.82. The molecular formula is C13H21N3OS. The summed E-state index contributed by atoms with van der Waals surface area (Å²) in [6.07, 6.45) is 0.0454. The monoisotopic (exact) mass is 267 g/mol. The highest BCUT2D eigenvalue weighted by molar-refractivity contribution is 7.07. The Morgan fingerprint density at radius 2 is 2.33 bits per heavy atom. The quantitative estimate of drug-likeness (QED) is 0.878. The number of hydrogen-bond donors (Lipinski definition) is 1. The molecule has 0 saturated carbocycles. The summed E-state index contributed by atoms with van der Waals surface area (Å²) in [4.78, 5) is 16.3. The summed E-state index contributed by atoms with van der Waals surface area (Å²) in [5, 5.41) is 7.53. The molecule has 2 heterocycles. The summed E-state index contributed by atoms with van der Waals surface area (Å²) in [5.74, 6) is 0.204. The van der Waals surface area contributed by atoms with Crippen LogP contribution in [0.15, 0.2) is 16.8 Å². The molecule has 0 aliphatic carbocycles. The molecule has 1 N–H and O–H groups in total. The van der Waals surface area contributed by atoms with Crippen molar-refractivity contribution in [3.63, 3.8) is 0 Å². The molecule has 2 atom stereocenters. The zero-order chi connectivity index (χ0) is 13.1. The average Bonchev–Trinajstić information content (AvgIpc) is 2.97. The fourth-order valence-electron chi connectivity index (χ4n) is 2.16. The Bertz CT molecular complexity index is 393. The van der Waals surface area contributed by atoms with Crippen molar-refractivity contribution in [1.82, 2.24) is 15.1 Å². The summed E-state index contributed by atoms with van der Waals surface area (Å²) in [6.45, 7) is 6.76. The zero-order valence-corrected chi connectivity index (χ0v) is 12.0. The first-order valence-corrected chi connectivity index (χ1v) is 7.35.